The normalized spacial score (nSPS) is 10.5. The Morgan fingerprint density at radius 3 is 2.26 bits per heavy atom. The molecule has 0 amide bonds. The summed E-state index contributed by atoms with van der Waals surface area (Å²) < 4.78 is 16.7. The predicted molar refractivity (Wildman–Crippen MR) is 119 cm³/mol. The lowest BCUT2D eigenvalue weighted by molar-refractivity contribution is -0.384. The quantitative estimate of drug-likeness (QED) is 0.346. The molecule has 0 aromatic heterocycles. The fourth-order valence-electron chi connectivity index (χ4n) is 3.04. The lowest BCUT2D eigenvalue weighted by Gasteiger charge is -2.15. The number of nitrogens with one attached hydrogen (secondary N) is 1. The molecule has 31 heavy (non-hydrogen) atoms. The van der Waals surface area contributed by atoms with Gasteiger partial charge in [0.15, 0.2) is 11.5 Å². The van der Waals surface area contributed by atoms with E-state index in [1.54, 1.807) is 32.4 Å². The number of nitro benzene ring substituents is 1. The maximum atomic E-state index is 10.8. The zero-order chi connectivity index (χ0) is 22.2. The van der Waals surface area contributed by atoms with Gasteiger partial charge in [-0.05, 0) is 35.4 Å². The van der Waals surface area contributed by atoms with Gasteiger partial charge in [0, 0.05) is 41.9 Å². The first-order valence-corrected chi connectivity index (χ1v) is 9.94. The molecule has 0 spiro atoms. The summed E-state index contributed by atoms with van der Waals surface area (Å²) in [5.41, 5.74) is 2.76. The van der Waals surface area contributed by atoms with Crippen LogP contribution in [0.4, 0.5) is 5.69 Å². The Labute approximate surface area is 185 Å². The highest BCUT2D eigenvalue weighted by atomic mass is 35.5. The molecule has 0 radical (unpaired) electrons. The fraction of sp³-hybridized carbons (Fsp3) is 0.217. The van der Waals surface area contributed by atoms with Crippen LogP contribution < -0.4 is 19.5 Å². The molecule has 0 atom stereocenters. The van der Waals surface area contributed by atoms with E-state index in [1.807, 2.05) is 30.3 Å². The van der Waals surface area contributed by atoms with Crippen molar-refractivity contribution >= 4 is 17.3 Å². The minimum absolute atomic E-state index is 0.0364. The Morgan fingerprint density at radius 2 is 1.58 bits per heavy atom. The zero-order valence-corrected chi connectivity index (χ0v) is 18.0. The van der Waals surface area contributed by atoms with Crippen LogP contribution in [-0.4, -0.2) is 19.1 Å². The van der Waals surface area contributed by atoms with Gasteiger partial charge in [-0.3, -0.25) is 10.1 Å². The molecule has 0 unspecified atom stereocenters. The molecule has 0 aliphatic rings. The number of non-ortho nitro benzene ring substituents is 1. The Kier molecular flexibility index (Phi) is 7.70. The molecule has 1 N–H and O–H groups in total. The van der Waals surface area contributed by atoms with E-state index in [4.69, 9.17) is 25.8 Å². The molecule has 8 heteroatoms. The van der Waals surface area contributed by atoms with Crippen LogP contribution in [0, 0.1) is 10.1 Å². The van der Waals surface area contributed by atoms with E-state index in [9.17, 15) is 10.1 Å². The van der Waals surface area contributed by atoms with E-state index in [0.717, 1.165) is 22.4 Å². The van der Waals surface area contributed by atoms with E-state index in [2.05, 4.69) is 5.32 Å². The van der Waals surface area contributed by atoms with Gasteiger partial charge in [-0.2, -0.15) is 0 Å². The van der Waals surface area contributed by atoms with Crippen molar-refractivity contribution in [1.82, 2.24) is 5.32 Å². The third kappa shape index (κ3) is 5.87. The van der Waals surface area contributed by atoms with Gasteiger partial charge in [-0.1, -0.05) is 29.8 Å². The molecule has 0 aliphatic heterocycles. The molecule has 0 aliphatic carbocycles. The van der Waals surface area contributed by atoms with E-state index >= 15 is 0 Å². The summed E-state index contributed by atoms with van der Waals surface area (Å²) in [5.74, 6) is 1.88. The lowest BCUT2D eigenvalue weighted by atomic mass is 10.1. The van der Waals surface area contributed by atoms with Gasteiger partial charge < -0.3 is 19.5 Å². The minimum atomic E-state index is -0.436. The maximum Gasteiger partial charge on any atom is 0.269 e. The summed E-state index contributed by atoms with van der Waals surface area (Å²) in [6, 6.07) is 17.6. The van der Waals surface area contributed by atoms with E-state index in [-0.39, 0.29) is 12.3 Å². The molecular formula is C23H23ClN2O5. The average Bonchev–Trinajstić information content (AvgIpc) is 2.79. The van der Waals surface area contributed by atoms with Crippen LogP contribution >= 0.6 is 11.6 Å². The molecule has 0 saturated carbocycles. The first-order valence-electron chi connectivity index (χ1n) is 9.57. The highest BCUT2D eigenvalue weighted by Crippen LogP contribution is 2.34. The number of rotatable bonds is 10. The summed E-state index contributed by atoms with van der Waals surface area (Å²) >= 11 is 6.46. The van der Waals surface area contributed by atoms with Crippen LogP contribution in [0.5, 0.6) is 17.2 Å². The van der Waals surface area contributed by atoms with Crippen LogP contribution in [-0.2, 0) is 19.7 Å². The number of para-hydroxylation sites is 1. The average molecular weight is 443 g/mol. The Morgan fingerprint density at radius 1 is 0.903 bits per heavy atom. The number of halogens is 1. The van der Waals surface area contributed by atoms with Gasteiger partial charge in [-0.25, -0.2) is 0 Å². The Bertz CT molecular complexity index is 1040. The smallest absolute Gasteiger partial charge is 0.269 e. The molecule has 7 nitrogen and oxygen atoms in total. The first kappa shape index (κ1) is 22.4. The van der Waals surface area contributed by atoms with Gasteiger partial charge in [-0.15, -0.1) is 0 Å². The molecule has 0 bridgehead atoms. The van der Waals surface area contributed by atoms with Crippen molar-refractivity contribution in [3.05, 3.63) is 92.5 Å². The molecule has 0 saturated heterocycles. The molecule has 3 aromatic carbocycles. The van der Waals surface area contributed by atoms with Crippen LogP contribution in [0.25, 0.3) is 0 Å². The maximum absolute atomic E-state index is 10.8. The van der Waals surface area contributed by atoms with Crippen molar-refractivity contribution in [2.75, 3.05) is 14.2 Å². The molecule has 0 heterocycles. The van der Waals surface area contributed by atoms with Gasteiger partial charge in [0.05, 0.1) is 19.1 Å². The summed E-state index contributed by atoms with van der Waals surface area (Å²) in [6.07, 6.45) is 0. The first-order chi connectivity index (χ1) is 15.0. The van der Waals surface area contributed by atoms with Gasteiger partial charge in [0.1, 0.15) is 12.4 Å². The van der Waals surface area contributed by atoms with Crippen LogP contribution in [0.1, 0.15) is 16.7 Å². The highest BCUT2D eigenvalue weighted by Gasteiger charge is 2.12. The Balaban J connectivity index is 1.64. The van der Waals surface area contributed by atoms with Crippen LogP contribution in [0.15, 0.2) is 60.7 Å². The zero-order valence-electron chi connectivity index (χ0n) is 17.3. The second-order valence-corrected chi connectivity index (χ2v) is 7.13. The van der Waals surface area contributed by atoms with Gasteiger partial charge in [0.2, 0.25) is 0 Å². The summed E-state index contributed by atoms with van der Waals surface area (Å²) in [5, 5.41) is 14.7. The molecule has 162 valence electrons. The van der Waals surface area contributed by atoms with E-state index in [0.29, 0.717) is 29.6 Å². The number of nitrogens with zero attached hydrogens (tertiary/aromatic N) is 1. The SMILES string of the molecule is COc1ccccc1CNCc1cc(OC)c(OCc2ccc([N+](=O)[O-])cc2)cc1Cl. The van der Waals surface area contributed by atoms with E-state index in [1.165, 1.54) is 12.1 Å². The lowest BCUT2D eigenvalue weighted by Crippen LogP contribution is -2.14. The van der Waals surface area contributed by atoms with Crippen molar-refractivity contribution < 1.29 is 19.1 Å². The minimum Gasteiger partial charge on any atom is -0.496 e. The third-order valence-corrected chi connectivity index (χ3v) is 5.05. The topological polar surface area (TPSA) is 82.9 Å². The predicted octanol–water partition coefficient (Wildman–Crippen LogP) is 5.13. The highest BCUT2D eigenvalue weighted by molar-refractivity contribution is 6.31. The fourth-order valence-corrected chi connectivity index (χ4v) is 3.26. The molecule has 0 fully saturated rings. The van der Waals surface area contributed by atoms with Crippen molar-refractivity contribution in [2.24, 2.45) is 0 Å². The van der Waals surface area contributed by atoms with Crippen molar-refractivity contribution in [2.45, 2.75) is 19.7 Å². The summed E-state index contributed by atoms with van der Waals surface area (Å²) in [4.78, 5) is 10.3. The monoisotopic (exact) mass is 442 g/mol. The standard InChI is InChI=1S/C23H23ClN2O5/c1-29-21-6-4-3-5-17(21)13-25-14-18-11-22(30-2)23(12-20(18)24)31-15-16-7-9-19(10-8-16)26(27)28/h3-12,25H,13-15H2,1-2H3. The van der Waals surface area contributed by atoms with Crippen LogP contribution in [0.3, 0.4) is 0 Å². The van der Waals surface area contributed by atoms with Gasteiger partial charge >= 0.3 is 0 Å². The molecule has 3 rings (SSSR count). The second-order valence-electron chi connectivity index (χ2n) is 6.72. The summed E-state index contributed by atoms with van der Waals surface area (Å²) in [6.45, 7) is 1.40. The number of benzene rings is 3. The van der Waals surface area contributed by atoms with Crippen molar-refractivity contribution in [3.8, 4) is 17.2 Å². The van der Waals surface area contributed by atoms with Crippen molar-refractivity contribution in [1.29, 1.82) is 0 Å². The molecular weight excluding hydrogens is 420 g/mol. The second kappa shape index (κ2) is 10.7. The number of hydrogen-bond acceptors (Lipinski definition) is 6. The third-order valence-electron chi connectivity index (χ3n) is 4.70. The number of hydrogen-bond donors (Lipinski definition) is 1. The van der Waals surface area contributed by atoms with Crippen molar-refractivity contribution in [3.63, 3.8) is 0 Å². The summed E-state index contributed by atoms with van der Waals surface area (Å²) in [7, 11) is 3.21. The largest absolute Gasteiger partial charge is 0.496 e. The number of methoxy groups -OCH3 is 2. The Hall–Kier alpha value is -3.29. The van der Waals surface area contributed by atoms with E-state index < -0.39 is 4.92 Å². The number of nitro groups is 1. The number of ether oxygens (including phenoxy) is 3. The van der Waals surface area contributed by atoms with Gasteiger partial charge in [0.25, 0.3) is 5.69 Å². The van der Waals surface area contributed by atoms with Crippen LogP contribution in [0.2, 0.25) is 5.02 Å². The molecule has 3 aromatic rings.